The smallest absolute Gasteiger partial charge is 0.281 e. The summed E-state index contributed by atoms with van der Waals surface area (Å²) in [5.41, 5.74) is 1.82. The van der Waals surface area contributed by atoms with E-state index in [1.807, 2.05) is 12.1 Å². The minimum atomic E-state index is -1.90. The van der Waals surface area contributed by atoms with Gasteiger partial charge in [0.25, 0.3) is 5.91 Å². The minimum Gasteiger partial charge on any atom is -0.372 e. The summed E-state index contributed by atoms with van der Waals surface area (Å²) in [5, 5.41) is 16.0. The van der Waals surface area contributed by atoms with Crippen LogP contribution in [0.1, 0.15) is 16.7 Å². The minimum absolute atomic E-state index is 0.405. The summed E-state index contributed by atoms with van der Waals surface area (Å²) >= 11 is 12.2. The van der Waals surface area contributed by atoms with Crippen molar-refractivity contribution < 1.29 is 9.90 Å². The van der Waals surface area contributed by atoms with E-state index in [0.717, 1.165) is 0 Å². The summed E-state index contributed by atoms with van der Waals surface area (Å²) in [7, 11) is 0. The maximum absolute atomic E-state index is 12.9. The van der Waals surface area contributed by atoms with Gasteiger partial charge in [0, 0.05) is 5.56 Å². The molecule has 6 heteroatoms. The van der Waals surface area contributed by atoms with Gasteiger partial charge in [-0.15, -0.1) is 0 Å². The molecule has 0 heterocycles. The van der Waals surface area contributed by atoms with Crippen LogP contribution in [0.4, 0.5) is 0 Å². The Morgan fingerprint density at radius 3 is 1.81 bits per heavy atom. The van der Waals surface area contributed by atoms with Gasteiger partial charge in [0.1, 0.15) is 0 Å². The van der Waals surface area contributed by atoms with E-state index in [1.54, 1.807) is 66.7 Å². The second kappa shape index (κ2) is 8.35. The molecule has 3 aromatic carbocycles. The molecule has 0 unspecified atom stereocenters. The Morgan fingerprint density at radius 1 is 0.852 bits per heavy atom. The highest BCUT2D eigenvalue weighted by atomic mass is 35.5. The lowest BCUT2D eigenvalue weighted by Crippen LogP contribution is -2.43. The first kappa shape index (κ1) is 19.1. The highest BCUT2D eigenvalue weighted by molar-refractivity contribution is 6.38. The number of nitrogens with one attached hydrogen (secondary N) is 1. The monoisotopic (exact) mass is 398 g/mol. The number of hydrazone groups is 1. The fourth-order valence-corrected chi connectivity index (χ4v) is 3.15. The Kier molecular flexibility index (Phi) is 5.91. The molecule has 0 aromatic heterocycles. The number of hydrogen-bond donors (Lipinski definition) is 2. The summed E-state index contributed by atoms with van der Waals surface area (Å²) in [6, 6.07) is 22.4. The summed E-state index contributed by atoms with van der Waals surface area (Å²) in [6.45, 7) is 0. The fourth-order valence-electron chi connectivity index (χ4n) is 2.66. The molecular formula is C21H16Cl2N2O2. The zero-order valence-corrected chi connectivity index (χ0v) is 15.7. The number of rotatable bonds is 5. The second-order valence-corrected chi connectivity index (χ2v) is 6.59. The molecule has 0 atom stereocenters. The van der Waals surface area contributed by atoms with Gasteiger partial charge in [-0.3, -0.25) is 4.79 Å². The van der Waals surface area contributed by atoms with Crippen LogP contribution in [0.25, 0.3) is 0 Å². The molecule has 1 amide bonds. The maximum Gasteiger partial charge on any atom is 0.281 e. The Labute approximate surface area is 167 Å². The van der Waals surface area contributed by atoms with E-state index in [-0.39, 0.29) is 0 Å². The normalized spacial score (nSPS) is 11.5. The Hall–Kier alpha value is -2.66. The van der Waals surface area contributed by atoms with Gasteiger partial charge in [-0.1, -0.05) is 89.9 Å². The molecule has 0 saturated heterocycles. The quantitative estimate of drug-likeness (QED) is 0.494. The van der Waals surface area contributed by atoms with Crippen molar-refractivity contribution in [3.63, 3.8) is 0 Å². The number of carbonyl (C=O) groups is 1. The van der Waals surface area contributed by atoms with E-state index in [1.165, 1.54) is 6.21 Å². The van der Waals surface area contributed by atoms with Crippen molar-refractivity contribution in [2.24, 2.45) is 5.10 Å². The van der Waals surface area contributed by atoms with Crippen molar-refractivity contribution in [1.29, 1.82) is 0 Å². The molecule has 3 rings (SSSR count). The zero-order valence-electron chi connectivity index (χ0n) is 14.1. The number of nitrogens with zero attached hydrogens (tertiary/aromatic N) is 1. The highest BCUT2D eigenvalue weighted by Gasteiger charge is 2.39. The lowest BCUT2D eigenvalue weighted by molar-refractivity contribution is -0.136. The van der Waals surface area contributed by atoms with Crippen molar-refractivity contribution in [2.45, 2.75) is 5.60 Å². The molecule has 0 saturated carbocycles. The van der Waals surface area contributed by atoms with Crippen molar-refractivity contribution in [3.8, 4) is 0 Å². The predicted molar refractivity (Wildman–Crippen MR) is 108 cm³/mol. The molecule has 0 aliphatic heterocycles. The van der Waals surface area contributed by atoms with Crippen LogP contribution in [-0.4, -0.2) is 17.2 Å². The van der Waals surface area contributed by atoms with Crippen LogP contribution in [-0.2, 0) is 10.4 Å². The van der Waals surface area contributed by atoms with E-state index in [0.29, 0.717) is 26.7 Å². The Morgan fingerprint density at radius 2 is 1.33 bits per heavy atom. The van der Waals surface area contributed by atoms with Crippen molar-refractivity contribution in [3.05, 3.63) is 106 Å². The number of aliphatic hydroxyl groups is 1. The van der Waals surface area contributed by atoms with Crippen molar-refractivity contribution in [1.82, 2.24) is 5.43 Å². The largest absolute Gasteiger partial charge is 0.372 e. The fraction of sp³-hybridized carbons (Fsp3) is 0.0476. The number of halogens is 2. The van der Waals surface area contributed by atoms with Gasteiger partial charge in [0.15, 0.2) is 5.60 Å². The average molecular weight is 399 g/mol. The second-order valence-electron chi connectivity index (χ2n) is 5.78. The third-order valence-electron chi connectivity index (χ3n) is 4.07. The number of benzene rings is 3. The van der Waals surface area contributed by atoms with Crippen LogP contribution in [0.5, 0.6) is 0 Å². The third kappa shape index (κ3) is 4.03. The third-order valence-corrected chi connectivity index (χ3v) is 4.73. The van der Waals surface area contributed by atoms with Crippen LogP contribution in [0, 0.1) is 0 Å². The Balaban J connectivity index is 1.92. The molecule has 4 nitrogen and oxygen atoms in total. The first-order chi connectivity index (χ1) is 13.0. The molecule has 27 heavy (non-hydrogen) atoms. The molecule has 136 valence electrons. The SMILES string of the molecule is O=C(NN=Cc1c(Cl)cccc1Cl)C(O)(c1ccccc1)c1ccccc1. The lowest BCUT2D eigenvalue weighted by Gasteiger charge is -2.27. The molecule has 0 bridgehead atoms. The molecule has 2 N–H and O–H groups in total. The number of amides is 1. The molecule has 0 aliphatic rings. The number of hydrogen-bond acceptors (Lipinski definition) is 3. The topological polar surface area (TPSA) is 61.7 Å². The van der Waals surface area contributed by atoms with Crippen molar-refractivity contribution >= 4 is 35.3 Å². The maximum atomic E-state index is 12.9. The van der Waals surface area contributed by atoms with Crippen LogP contribution in [0.3, 0.4) is 0 Å². The first-order valence-corrected chi connectivity index (χ1v) is 8.90. The highest BCUT2D eigenvalue weighted by Crippen LogP contribution is 2.30. The molecule has 0 fully saturated rings. The molecule has 0 spiro atoms. The van der Waals surface area contributed by atoms with Gasteiger partial charge in [0.2, 0.25) is 0 Å². The van der Waals surface area contributed by atoms with Crippen LogP contribution >= 0.6 is 23.2 Å². The summed E-state index contributed by atoms with van der Waals surface area (Å²) in [4.78, 5) is 12.9. The van der Waals surface area contributed by atoms with Gasteiger partial charge >= 0.3 is 0 Å². The molecule has 0 radical (unpaired) electrons. The van der Waals surface area contributed by atoms with Gasteiger partial charge < -0.3 is 5.11 Å². The van der Waals surface area contributed by atoms with Gasteiger partial charge in [-0.05, 0) is 23.3 Å². The number of carbonyl (C=O) groups excluding carboxylic acids is 1. The zero-order chi connectivity index (χ0) is 19.3. The van der Waals surface area contributed by atoms with E-state index in [4.69, 9.17) is 23.2 Å². The van der Waals surface area contributed by atoms with Crippen LogP contribution in [0.2, 0.25) is 10.0 Å². The molecule has 3 aromatic rings. The molecule has 0 aliphatic carbocycles. The summed E-state index contributed by atoms with van der Waals surface area (Å²) < 4.78 is 0. The first-order valence-electron chi connectivity index (χ1n) is 8.14. The van der Waals surface area contributed by atoms with E-state index in [9.17, 15) is 9.90 Å². The summed E-state index contributed by atoms with van der Waals surface area (Å²) in [5.74, 6) is -0.695. The van der Waals surface area contributed by atoms with E-state index < -0.39 is 11.5 Å². The standard InChI is InChI=1S/C21H16Cl2N2O2/c22-18-12-7-13-19(23)17(18)14-24-25-20(26)21(27,15-8-3-1-4-9-15)16-10-5-2-6-11-16/h1-14,27H,(H,25,26). The van der Waals surface area contributed by atoms with Gasteiger partial charge in [0.05, 0.1) is 16.3 Å². The van der Waals surface area contributed by atoms with Gasteiger partial charge in [-0.2, -0.15) is 5.10 Å². The summed E-state index contributed by atoms with van der Waals surface area (Å²) in [6.07, 6.45) is 1.35. The Bertz CT molecular complexity index is 901. The lowest BCUT2D eigenvalue weighted by atomic mass is 9.85. The van der Waals surface area contributed by atoms with E-state index >= 15 is 0 Å². The molecular weight excluding hydrogens is 383 g/mol. The van der Waals surface area contributed by atoms with Crippen molar-refractivity contribution in [2.75, 3.05) is 0 Å². The average Bonchev–Trinajstić information content (AvgIpc) is 2.70. The van der Waals surface area contributed by atoms with Crippen LogP contribution < -0.4 is 5.43 Å². The predicted octanol–water partition coefficient (Wildman–Crippen LogP) is 4.38. The van der Waals surface area contributed by atoms with Gasteiger partial charge in [-0.25, -0.2) is 5.43 Å². The van der Waals surface area contributed by atoms with E-state index in [2.05, 4.69) is 10.5 Å². The van der Waals surface area contributed by atoms with Crippen LogP contribution in [0.15, 0.2) is 84.0 Å².